The summed E-state index contributed by atoms with van der Waals surface area (Å²) in [6, 6.07) is 10.8. The lowest BCUT2D eigenvalue weighted by Crippen LogP contribution is -2.40. The molecule has 0 bridgehead atoms. The summed E-state index contributed by atoms with van der Waals surface area (Å²) >= 11 is 0. The van der Waals surface area contributed by atoms with E-state index in [0.29, 0.717) is 0 Å². The van der Waals surface area contributed by atoms with Gasteiger partial charge in [0.1, 0.15) is 5.82 Å². The summed E-state index contributed by atoms with van der Waals surface area (Å²) in [5, 5.41) is 0. The van der Waals surface area contributed by atoms with E-state index < -0.39 is 0 Å². The minimum atomic E-state index is -0.183. The van der Waals surface area contributed by atoms with Crippen molar-refractivity contribution in [1.82, 2.24) is 9.88 Å². The van der Waals surface area contributed by atoms with Gasteiger partial charge in [0.15, 0.2) is 0 Å². The first-order chi connectivity index (χ1) is 9.45. The van der Waals surface area contributed by atoms with Gasteiger partial charge in [0.25, 0.3) is 0 Å². The van der Waals surface area contributed by atoms with Crippen LogP contribution in [0.3, 0.4) is 0 Å². The molecule has 0 N–H and O–H groups in total. The van der Waals surface area contributed by atoms with Crippen molar-refractivity contribution in [2.75, 3.05) is 0 Å². The smallest absolute Gasteiger partial charge is 0.123 e. The predicted molar refractivity (Wildman–Crippen MR) is 79.6 cm³/mol. The van der Waals surface area contributed by atoms with Crippen LogP contribution in [-0.4, -0.2) is 15.4 Å². The van der Waals surface area contributed by atoms with Crippen molar-refractivity contribution in [3.8, 4) is 0 Å². The lowest BCUT2D eigenvalue weighted by Gasteiger charge is -2.35. The molecular weight excluding hydrogens is 251 g/mol. The maximum Gasteiger partial charge on any atom is 0.123 e. The van der Waals surface area contributed by atoms with Gasteiger partial charge in [0.05, 0.1) is 0 Å². The molecule has 0 saturated carbocycles. The van der Waals surface area contributed by atoms with Crippen molar-refractivity contribution >= 4 is 0 Å². The van der Waals surface area contributed by atoms with E-state index in [1.807, 2.05) is 18.3 Å². The first-order valence-corrected chi connectivity index (χ1v) is 6.83. The van der Waals surface area contributed by atoms with Gasteiger partial charge in [-0.2, -0.15) is 0 Å². The van der Waals surface area contributed by atoms with Gasteiger partial charge in [-0.3, -0.25) is 9.88 Å². The van der Waals surface area contributed by atoms with Gasteiger partial charge in [0.2, 0.25) is 0 Å². The maximum atomic E-state index is 13.3. The number of nitrogens with zero attached hydrogens (tertiary/aromatic N) is 2. The summed E-state index contributed by atoms with van der Waals surface area (Å²) in [5.74, 6) is -0.183. The Morgan fingerprint density at radius 1 is 1.05 bits per heavy atom. The molecule has 0 saturated heterocycles. The van der Waals surface area contributed by atoms with Crippen LogP contribution < -0.4 is 0 Å². The Labute approximate surface area is 120 Å². The summed E-state index contributed by atoms with van der Waals surface area (Å²) in [6.45, 7) is 8.03. The third kappa shape index (κ3) is 4.14. The molecule has 3 heteroatoms. The van der Waals surface area contributed by atoms with Crippen molar-refractivity contribution in [2.24, 2.45) is 0 Å². The lowest BCUT2D eigenvalue weighted by molar-refractivity contribution is 0.118. The zero-order valence-corrected chi connectivity index (χ0v) is 12.3. The normalized spacial score (nSPS) is 11.8. The first-order valence-electron chi connectivity index (χ1n) is 6.83. The zero-order valence-electron chi connectivity index (χ0n) is 12.3. The molecule has 0 fully saturated rings. The Balaban J connectivity index is 2.16. The summed E-state index contributed by atoms with van der Waals surface area (Å²) in [5.41, 5.74) is 2.16. The summed E-state index contributed by atoms with van der Waals surface area (Å²) < 4.78 is 13.3. The highest BCUT2D eigenvalue weighted by atomic mass is 19.1. The van der Waals surface area contributed by atoms with E-state index in [1.54, 1.807) is 18.3 Å². The van der Waals surface area contributed by atoms with Crippen molar-refractivity contribution in [1.29, 1.82) is 0 Å². The number of pyridine rings is 1. The van der Waals surface area contributed by atoms with E-state index in [4.69, 9.17) is 0 Å². The molecule has 1 heterocycles. The molecule has 0 spiro atoms. The highest BCUT2D eigenvalue weighted by molar-refractivity contribution is 5.17. The van der Waals surface area contributed by atoms with E-state index in [9.17, 15) is 4.39 Å². The van der Waals surface area contributed by atoms with Gasteiger partial charge >= 0.3 is 0 Å². The topological polar surface area (TPSA) is 16.1 Å². The van der Waals surface area contributed by atoms with Crippen molar-refractivity contribution < 1.29 is 4.39 Å². The van der Waals surface area contributed by atoms with Gasteiger partial charge in [-0.05, 0) is 50.1 Å². The Kier molecular flexibility index (Phi) is 4.50. The minimum absolute atomic E-state index is 0.00214. The van der Waals surface area contributed by atoms with Crippen LogP contribution in [0.4, 0.5) is 4.39 Å². The molecule has 2 aromatic rings. The third-order valence-corrected chi connectivity index (χ3v) is 3.31. The van der Waals surface area contributed by atoms with Crippen LogP contribution in [0.5, 0.6) is 0 Å². The fourth-order valence-electron chi connectivity index (χ4n) is 2.10. The Hall–Kier alpha value is -1.74. The minimum Gasteiger partial charge on any atom is -0.290 e. The Morgan fingerprint density at radius 2 is 1.75 bits per heavy atom. The van der Waals surface area contributed by atoms with Gasteiger partial charge < -0.3 is 0 Å². The molecular formula is C17H21FN2. The van der Waals surface area contributed by atoms with Crippen LogP contribution in [0.2, 0.25) is 0 Å². The fourth-order valence-corrected chi connectivity index (χ4v) is 2.10. The summed E-state index contributed by atoms with van der Waals surface area (Å²) in [6.07, 6.45) is 3.65. The van der Waals surface area contributed by atoms with E-state index in [0.717, 1.165) is 18.7 Å². The fraction of sp³-hybridized carbons (Fsp3) is 0.353. The summed E-state index contributed by atoms with van der Waals surface area (Å²) in [7, 11) is 0. The molecule has 2 nitrogen and oxygen atoms in total. The number of hydrogen-bond acceptors (Lipinski definition) is 2. The second-order valence-corrected chi connectivity index (χ2v) is 6.02. The summed E-state index contributed by atoms with van der Waals surface area (Å²) in [4.78, 5) is 6.47. The average Bonchev–Trinajstić information content (AvgIpc) is 2.38. The molecule has 0 aliphatic carbocycles. The highest BCUT2D eigenvalue weighted by Crippen LogP contribution is 2.20. The van der Waals surface area contributed by atoms with E-state index in [2.05, 4.69) is 36.7 Å². The molecule has 20 heavy (non-hydrogen) atoms. The number of hydrogen-bond donors (Lipinski definition) is 0. The molecule has 0 atom stereocenters. The maximum absolute atomic E-state index is 13.3. The zero-order chi connectivity index (χ0) is 14.6. The van der Waals surface area contributed by atoms with Gasteiger partial charge in [-0.1, -0.05) is 18.2 Å². The average molecular weight is 272 g/mol. The van der Waals surface area contributed by atoms with Gasteiger partial charge in [0, 0.05) is 31.0 Å². The monoisotopic (exact) mass is 272 g/mol. The first kappa shape index (κ1) is 14.7. The SMILES string of the molecule is CC(C)(C)N(Cc1cccnc1)Cc1cccc(F)c1. The molecule has 2 rings (SSSR count). The molecule has 0 aliphatic heterocycles. The van der Waals surface area contributed by atoms with Crippen molar-refractivity contribution in [3.63, 3.8) is 0 Å². The highest BCUT2D eigenvalue weighted by Gasteiger charge is 2.21. The Bertz CT molecular complexity index is 546. The molecule has 106 valence electrons. The molecule has 0 unspecified atom stereocenters. The number of halogens is 1. The Morgan fingerprint density at radius 3 is 2.35 bits per heavy atom. The van der Waals surface area contributed by atoms with E-state index in [-0.39, 0.29) is 11.4 Å². The molecule has 1 aromatic heterocycles. The largest absolute Gasteiger partial charge is 0.290 e. The van der Waals surface area contributed by atoms with Crippen LogP contribution in [0.1, 0.15) is 31.9 Å². The van der Waals surface area contributed by atoms with Crippen molar-refractivity contribution in [3.05, 3.63) is 65.7 Å². The van der Waals surface area contributed by atoms with Crippen LogP contribution in [0.25, 0.3) is 0 Å². The van der Waals surface area contributed by atoms with Crippen LogP contribution >= 0.6 is 0 Å². The van der Waals surface area contributed by atoms with Crippen LogP contribution in [0.15, 0.2) is 48.8 Å². The molecule has 0 amide bonds. The third-order valence-electron chi connectivity index (χ3n) is 3.31. The van der Waals surface area contributed by atoms with Gasteiger partial charge in [-0.15, -0.1) is 0 Å². The predicted octanol–water partition coefficient (Wildman–Crippen LogP) is 4.02. The van der Waals surface area contributed by atoms with E-state index >= 15 is 0 Å². The quantitative estimate of drug-likeness (QED) is 0.835. The van der Waals surface area contributed by atoms with Gasteiger partial charge in [-0.25, -0.2) is 4.39 Å². The van der Waals surface area contributed by atoms with E-state index in [1.165, 1.54) is 11.6 Å². The number of aromatic nitrogens is 1. The van der Waals surface area contributed by atoms with Crippen molar-refractivity contribution in [2.45, 2.75) is 39.4 Å². The second kappa shape index (κ2) is 6.14. The standard InChI is InChI=1S/C17H21FN2/c1-17(2,3)20(13-15-7-5-9-19-11-15)12-14-6-4-8-16(18)10-14/h4-11H,12-13H2,1-3H3. The van der Waals surface area contributed by atoms with Crippen LogP contribution in [0, 0.1) is 5.82 Å². The molecule has 1 aromatic carbocycles. The lowest BCUT2D eigenvalue weighted by atomic mass is 10.0. The number of benzene rings is 1. The second-order valence-electron chi connectivity index (χ2n) is 6.02. The molecule has 0 radical (unpaired) electrons. The van der Waals surface area contributed by atoms with Crippen LogP contribution in [-0.2, 0) is 13.1 Å². The number of rotatable bonds is 4. The molecule has 0 aliphatic rings.